The summed E-state index contributed by atoms with van der Waals surface area (Å²) in [4.78, 5) is 4.71. The van der Waals surface area contributed by atoms with Crippen molar-refractivity contribution in [2.45, 2.75) is 29.4 Å². The molecule has 140 valence electrons. The lowest BCUT2D eigenvalue weighted by atomic mass is 9.87. The van der Waals surface area contributed by atoms with E-state index in [1.54, 1.807) is 19.3 Å². The monoisotopic (exact) mass is 560 g/mol. The van der Waals surface area contributed by atoms with Crippen molar-refractivity contribution in [2.75, 3.05) is 0 Å². The Labute approximate surface area is 175 Å². The Morgan fingerprint density at radius 2 is 2.15 bits per heavy atom. The summed E-state index contributed by atoms with van der Waals surface area (Å²) in [5.74, 6) is -0.418. The summed E-state index contributed by atoms with van der Waals surface area (Å²) in [6.45, 7) is -3.00. The van der Waals surface area contributed by atoms with Crippen LogP contribution >= 0.6 is 50.1 Å². The lowest BCUT2D eigenvalue weighted by Crippen LogP contribution is -2.30. The van der Waals surface area contributed by atoms with Crippen molar-refractivity contribution < 1.29 is 17.9 Å². The molecule has 0 N–H and O–H groups in total. The zero-order chi connectivity index (χ0) is 19.1. The van der Waals surface area contributed by atoms with Crippen LogP contribution in [-0.2, 0) is 17.0 Å². The maximum Gasteiger partial charge on any atom is 0.387 e. The number of alkyl halides is 3. The van der Waals surface area contributed by atoms with Crippen molar-refractivity contribution in [3.05, 3.63) is 56.3 Å². The molecular formula is C17H14BrClF3IN2O. The molecule has 26 heavy (non-hydrogen) atoms. The summed E-state index contributed by atoms with van der Waals surface area (Å²) in [7, 11) is 1.65. The number of aryl methyl sites for hydroxylation is 1. The van der Waals surface area contributed by atoms with Crippen LogP contribution in [0.3, 0.4) is 0 Å². The molecule has 1 aliphatic carbocycles. The molecule has 0 bridgehead atoms. The summed E-state index contributed by atoms with van der Waals surface area (Å²) in [6.07, 6.45) is 3.55. The minimum absolute atomic E-state index is 0.115. The maximum absolute atomic E-state index is 14.5. The van der Waals surface area contributed by atoms with E-state index in [-0.39, 0.29) is 22.1 Å². The molecule has 3 rings (SSSR count). The number of ether oxygens (including phenoxy) is 1. The largest absolute Gasteiger partial charge is 0.431 e. The molecule has 0 saturated heterocycles. The third-order valence-corrected chi connectivity index (χ3v) is 6.36. The fourth-order valence-corrected chi connectivity index (χ4v) is 4.81. The number of pyridine rings is 1. The fraction of sp³-hybridized carbons (Fsp3) is 0.353. The second-order valence-electron chi connectivity index (χ2n) is 5.95. The van der Waals surface area contributed by atoms with E-state index >= 15 is 0 Å². The van der Waals surface area contributed by atoms with Crippen LogP contribution in [0.25, 0.3) is 0 Å². The van der Waals surface area contributed by atoms with Gasteiger partial charge in [0.15, 0.2) is 11.2 Å². The normalized spacial score (nSPS) is 20.4. The smallest absolute Gasteiger partial charge is 0.387 e. The SMILES string of the molecule is Cn1cc(Cl)cc(OC(F)F)/c1=N/[C@@]1(I)CCCc2c1ccc(Br)c2F. The number of fused-ring (bicyclic) bond motifs is 1. The molecule has 0 unspecified atom stereocenters. The van der Waals surface area contributed by atoms with Crippen LogP contribution in [0.1, 0.15) is 24.0 Å². The van der Waals surface area contributed by atoms with Gasteiger partial charge in [0, 0.05) is 19.3 Å². The van der Waals surface area contributed by atoms with Crippen molar-refractivity contribution >= 4 is 50.1 Å². The summed E-state index contributed by atoms with van der Waals surface area (Å²) in [5.41, 5.74) is 1.56. The van der Waals surface area contributed by atoms with Crippen molar-refractivity contribution in [3.63, 3.8) is 0 Å². The lowest BCUT2D eigenvalue weighted by Gasteiger charge is -2.31. The number of hydrogen-bond donors (Lipinski definition) is 0. The van der Waals surface area contributed by atoms with Gasteiger partial charge in [0.2, 0.25) is 0 Å². The van der Waals surface area contributed by atoms with E-state index in [9.17, 15) is 13.2 Å². The fourth-order valence-electron chi connectivity index (χ4n) is 3.08. The average molecular weight is 562 g/mol. The van der Waals surface area contributed by atoms with Crippen LogP contribution < -0.4 is 10.2 Å². The van der Waals surface area contributed by atoms with E-state index in [0.717, 1.165) is 12.0 Å². The van der Waals surface area contributed by atoms with Gasteiger partial charge in [-0.1, -0.05) is 17.7 Å². The third kappa shape index (κ3) is 3.91. The van der Waals surface area contributed by atoms with E-state index < -0.39 is 10.2 Å². The van der Waals surface area contributed by atoms with E-state index in [1.165, 1.54) is 10.6 Å². The maximum atomic E-state index is 14.5. The Kier molecular flexibility index (Phi) is 5.93. The molecular weight excluding hydrogens is 547 g/mol. The third-order valence-electron chi connectivity index (χ3n) is 4.18. The second kappa shape index (κ2) is 7.71. The predicted octanol–water partition coefficient (Wildman–Crippen LogP) is 5.71. The lowest BCUT2D eigenvalue weighted by molar-refractivity contribution is -0.0513. The Bertz CT molecular complexity index is 922. The van der Waals surface area contributed by atoms with Crippen molar-refractivity contribution in [1.29, 1.82) is 0 Å². The number of aromatic nitrogens is 1. The highest BCUT2D eigenvalue weighted by Gasteiger charge is 2.35. The average Bonchev–Trinajstić information content (AvgIpc) is 2.54. The van der Waals surface area contributed by atoms with Gasteiger partial charge in [-0.2, -0.15) is 8.78 Å². The number of nitrogens with zero attached hydrogens (tertiary/aromatic N) is 2. The van der Waals surface area contributed by atoms with Gasteiger partial charge >= 0.3 is 6.61 Å². The molecule has 9 heteroatoms. The number of rotatable bonds is 3. The van der Waals surface area contributed by atoms with E-state index in [1.807, 2.05) is 6.07 Å². The quantitative estimate of drug-likeness (QED) is 0.268. The van der Waals surface area contributed by atoms with Crippen molar-refractivity contribution in [3.8, 4) is 5.75 Å². The van der Waals surface area contributed by atoms with Crippen LogP contribution in [0.5, 0.6) is 5.75 Å². The zero-order valence-electron chi connectivity index (χ0n) is 13.6. The van der Waals surface area contributed by atoms with Crippen LogP contribution in [0.15, 0.2) is 33.9 Å². The Balaban J connectivity index is 2.22. The molecule has 0 spiro atoms. The molecule has 1 atom stereocenters. The molecule has 1 heterocycles. The summed E-state index contributed by atoms with van der Waals surface area (Å²) in [5, 5.41) is 0.253. The van der Waals surface area contributed by atoms with Crippen molar-refractivity contribution in [2.24, 2.45) is 12.0 Å². The van der Waals surface area contributed by atoms with Gasteiger partial charge in [-0.15, -0.1) is 0 Å². The molecule has 0 aliphatic heterocycles. The summed E-state index contributed by atoms with van der Waals surface area (Å²) < 4.78 is 45.9. The Morgan fingerprint density at radius 1 is 1.42 bits per heavy atom. The molecule has 0 fully saturated rings. The highest BCUT2D eigenvalue weighted by molar-refractivity contribution is 14.1. The topological polar surface area (TPSA) is 26.5 Å². The number of benzene rings is 1. The molecule has 0 radical (unpaired) electrons. The standard InChI is InChI=1S/C17H14BrClF3IN2O/c1-25-8-9(19)7-13(26-16(21)22)15(25)24-17(23)6-2-3-10-11(17)4-5-12(18)14(10)20/h4-5,7-8,16H,2-3,6H2,1H3/b24-15-/t17-/m0/s1. The molecule has 1 aliphatic rings. The molecule has 1 aromatic heterocycles. The molecule has 3 nitrogen and oxygen atoms in total. The van der Waals surface area contributed by atoms with Gasteiger partial charge in [-0.25, -0.2) is 9.38 Å². The number of halogens is 6. The second-order valence-corrected chi connectivity index (χ2v) is 9.02. The van der Waals surface area contributed by atoms with Gasteiger partial charge in [0.25, 0.3) is 0 Å². The summed E-state index contributed by atoms with van der Waals surface area (Å²) in [6, 6.07) is 4.76. The van der Waals surface area contributed by atoms with E-state index in [4.69, 9.17) is 16.6 Å². The first-order valence-electron chi connectivity index (χ1n) is 7.74. The summed E-state index contributed by atoms with van der Waals surface area (Å²) >= 11 is 11.3. The zero-order valence-corrected chi connectivity index (χ0v) is 18.1. The van der Waals surface area contributed by atoms with Gasteiger partial charge in [0.05, 0.1) is 9.50 Å². The van der Waals surface area contributed by atoms with Crippen LogP contribution in [-0.4, -0.2) is 11.2 Å². The van der Waals surface area contributed by atoms with Gasteiger partial charge in [-0.3, -0.25) is 0 Å². The first-order valence-corrected chi connectivity index (χ1v) is 9.99. The molecule has 0 amide bonds. The van der Waals surface area contributed by atoms with Crippen molar-refractivity contribution in [1.82, 2.24) is 4.57 Å². The van der Waals surface area contributed by atoms with E-state index in [0.29, 0.717) is 22.9 Å². The Hall–Kier alpha value is -0.740. The van der Waals surface area contributed by atoms with Gasteiger partial charge in [-0.05, 0) is 75.0 Å². The highest BCUT2D eigenvalue weighted by Crippen LogP contribution is 2.45. The van der Waals surface area contributed by atoms with E-state index in [2.05, 4.69) is 43.3 Å². The van der Waals surface area contributed by atoms with Gasteiger partial charge in [0.1, 0.15) is 9.36 Å². The Morgan fingerprint density at radius 3 is 2.85 bits per heavy atom. The highest BCUT2D eigenvalue weighted by atomic mass is 127. The predicted molar refractivity (Wildman–Crippen MR) is 105 cm³/mol. The minimum atomic E-state index is -3.00. The van der Waals surface area contributed by atoms with Crippen LogP contribution in [0.4, 0.5) is 13.2 Å². The minimum Gasteiger partial charge on any atom is -0.431 e. The first kappa shape index (κ1) is 20.0. The molecule has 1 aromatic carbocycles. The van der Waals surface area contributed by atoms with Crippen LogP contribution in [0.2, 0.25) is 5.02 Å². The van der Waals surface area contributed by atoms with Gasteiger partial charge < -0.3 is 9.30 Å². The molecule has 0 saturated carbocycles. The first-order chi connectivity index (χ1) is 12.2. The number of hydrogen-bond acceptors (Lipinski definition) is 2. The molecule has 2 aromatic rings. The van der Waals surface area contributed by atoms with Crippen LogP contribution in [0, 0.1) is 5.82 Å².